The number of hydrogen-bond acceptors (Lipinski definition) is 6. The number of nitrogens with zero attached hydrogens (tertiary/aromatic N) is 4. The molecular formula is C14H18ClFN6O2. The van der Waals surface area contributed by atoms with Gasteiger partial charge in [0.1, 0.15) is 23.5 Å². The highest BCUT2D eigenvalue weighted by Crippen LogP contribution is 2.25. The van der Waals surface area contributed by atoms with Crippen LogP contribution in [0.5, 0.6) is 5.88 Å². The molecule has 0 bridgehead atoms. The Morgan fingerprint density at radius 1 is 1.54 bits per heavy atom. The van der Waals surface area contributed by atoms with Gasteiger partial charge in [0.05, 0.1) is 6.20 Å². The van der Waals surface area contributed by atoms with E-state index in [2.05, 4.69) is 20.6 Å². The summed E-state index contributed by atoms with van der Waals surface area (Å²) in [5.74, 6) is -0.651. The minimum absolute atomic E-state index is 0. The number of alkyl halides is 1. The Labute approximate surface area is 144 Å². The van der Waals surface area contributed by atoms with Crippen molar-refractivity contribution < 1.29 is 13.9 Å². The number of carbonyl (C=O) groups is 1. The second kappa shape index (κ2) is 7.54. The van der Waals surface area contributed by atoms with Crippen molar-refractivity contribution in [2.75, 3.05) is 13.1 Å². The maximum atomic E-state index is 13.9. The lowest BCUT2D eigenvalue weighted by atomic mass is 10.1. The Morgan fingerprint density at radius 3 is 2.96 bits per heavy atom. The van der Waals surface area contributed by atoms with Crippen molar-refractivity contribution in [2.24, 2.45) is 12.8 Å². The average Bonchev–Trinajstić information content (AvgIpc) is 2.96. The van der Waals surface area contributed by atoms with Crippen LogP contribution in [0.2, 0.25) is 0 Å². The molecule has 0 radical (unpaired) electrons. The smallest absolute Gasteiger partial charge is 0.254 e. The van der Waals surface area contributed by atoms with E-state index in [1.165, 1.54) is 16.9 Å². The lowest BCUT2D eigenvalue weighted by Gasteiger charge is -2.27. The molecule has 3 N–H and O–H groups in total. The highest BCUT2D eigenvalue weighted by atomic mass is 35.5. The summed E-state index contributed by atoms with van der Waals surface area (Å²) in [6.45, 7) is 0.864. The number of nitrogens with two attached hydrogens (primary N) is 1. The van der Waals surface area contributed by atoms with E-state index >= 15 is 0 Å². The Hall–Kier alpha value is -2.26. The number of aryl methyl sites for hydroxylation is 1. The molecule has 0 unspecified atom stereocenters. The van der Waals surface area contributed by atoms with Crippen molar-refractivity contribution in [3.05, 3.63) is 24.0 Å². The van der Waals surface area contributed by atoms with Crippen LogP contribution in [0.4, 0.5) is 4.39 Å². The fraction of sp³-hybridized carbons (Fsp3) is 0.429. The number of halogens is 2. The number of primary amides is 1. The van der Waals surface area contributed by atoms with Crippen molar-refractivity contribution >= 4 is 18.3 Å². The molecule has 10 heteroatoms. The van der Waals surface area contributed by atoms with Crippen LogP contribution in [0, 0.1) is 0 Å². The van der Waals surface area contributed by atoms with Gasteiger partial charge in [-0.1, -0.05) is 5.21 Å². The first-order valence-corrected chi connectivity index (χ1v) is 7.22. The van der Waals surface area contributed by atoms with Crippen LogP contribution in [-0.4, -0.2) is 51.3 Å². The van der Waals surface area contributed by atoms with Crippen LogP contribution in [-0.2, 0) is 7.05 Å². The Kier molecular flexibility index (Phi) is 5.68. The molecular weight excluding hydrogens is 339 g/mol. The number of amides is 1. The number of rotatable bonds is 4. The Bertz CT molecular complexity index is 725. The van der Waals surface area contributed by atoms with E-state index in [1.54, 1.807) is 13.2 Å². The maximum Gasteiger partial charge on any atom is 0.254 e. The van der Waals surface area contributed by atoms with E-state index in [0.717, 1.165) is 0 Å². The van der Waals surface area contributed by atoms with Crippen molar-refractivity contribution in [1.82, 2.24) is 25.3 Å². The van der Waals surface area contributed by atoms with Gasteiger partial charge in [-0.2, -0.15) is 0 Å². The summed E-state index contributed by atoms with van der Waals surface area (Å²) >= 11 is 0. The van der Waals surface area contributed by atoms with Crippen molar-refractivity contribution in [3.8, 4) is 17.1 Å². The van der Waals surface area contributed by atoms with Crippen LogP contribution in [0.1, 0.15) is 16.8 Å². The minimum atomic E-state index is -1.16. The zero-order valence-corrected chi connectivity index (χ0v) is 13.8. The van der Waals surface area contributed by atoms with Crippen LogP contribution < -0.4 is 15.8 Å². The average molecular weight is 357 g/mol. The third-order valence-corrected chi connectivity index (χ3v) is 3.63. The normalized spacial score (nSPS) is 20.2. The lowest BCUT2D eigenvalue weighted by Crippen LogP contribution is -2.44. The number of aromatic nitrogens is 4. The summed E-state index contributed by atoms with van der Waals surface area (Å²) < 4.78 is 21.0. The molecule has 2 aromatic heterocycles. The molecule has 0 aromatic carbocycles. The first kappa shape index (κ1) is 18.1. The largest absolute Gasteiger partial charge is 0.471 e. The fourth-order valence-electron chi connectivity index (χ4n) is 2.42. The molecule has 1 fully saturated rings. The number of piperidine rings is 1. The first-order chi connectivity index (χ1) is 11.0. The molecule has 1 aliphatic rings. The summed E-state index contributed by atoms with van der Waals surface area (Å²) in [6.07, 6.45) is 1.87. The van der Waals surface area contributed by atoms with Crippen LogP contribution in [0.3, 0.4) is 0 Å². The second-order valence-electron chi connectivity index (χ2n) is 5.38. The third-order valence-electron chi connectivity index (χ3n) is 3.63. The molecule has 0 saturated carbocycles. The van der Waals surface area contributed by atoms with Gasteiger partial charge < -0.3 is 15.8 Å². The molecule has 130 valence electrons. The van der Waals surface area contributed by atoms with Gasteiger partial charge in [0.2, 0.25) is 5.88 Å². The van der Waals surface area contributed by atoms with E-state index in [4.69, 9.17) is 10.5 Å². The molecule has 1 saturated heterocycles. The highest BCUT2D eigenvalue weighted by Gasteiger charge is 2.28. The fourth-order valence-corrected chi connectivity index (χ4v) is 2.42. The van der Waals surface area contributed by atoms with E-state index < -0.39 is 18.2 Å². The number of ether oxygens (including phenoxy) is 1. The molecule has 24 heavy (non-hydrogen) atoms. The topological polar surface area (TPSA) is 108 Å². The number of pyridine rings is 1. The molecule has 0 aliphatic carbocycles. The summed E-state index contributed by atoms with van der Waals surface area (Å²) in [6, 6.07) is 1.53. The minimum Gasteiger partial charge on any atom is -0.471 e. The summed E-state index contributed by atoms with van der Waals surface area (Å²) in [7, 11) is 1.73. The summed E-state index contributed by atoms with van der Waals surface area (Å²) in [4.78, 5) is 15.8. The van der Waals surface area contributed by atoms with Gasteiger partial charge in [-0.05, 0) is 19.0 Å². The van der Waals surface area contributed by atoms with Gasteiger partial charge in [0, 0.05) is 25.4 Å². The molecule has 3 rings (SSSR count). The van der Waals surface area contributed by atoms with E-state index in [1.807, 2.05) is 0 Å². The van der Waals surface area contributed by atoms with Gasteiger partial charge >= 0.3 is 0 Å². The Morgan fingerprint density at radius 2 is 2.33 bits per heavy atom. The predicted octanol–water partition coefficient (Wildman–Crippen LogP) is 0.477. The van der Waals surface area contributed by atoms with Crippen LogP contribution in [0.25, 0.3) is 11.3 Å². The van der Waals surface area contributed by atoms with Crippen LogP contribution >= 0.6 is 12.4 Å². The van der Waals surface area contributed by atoms with Crippen molar-refractivity contribution in [1.29, 1.82) is 0 Å². The molecule has 1 aliphatic heterocycles. The highest BCUT2D eigenvalue weighted by molar-refractivity contribution is 5.96. The summed E-state index contributed by atoms with van der Waals surface area (Å²) in [5, 5.41) is 10.7. The number of nitrogens with one attached hydrogen (secondary N) is 1. The van der Waals surface area contributed by atoms with E-state index in [-0.39, 0.29) is 30.4 Å². The lowest BCUT2D eigenvalue weighted by molar-refractivity contribution is 0.0676. The second-order valence-corrected chi connectivity index (χ2v) is 5.38. The molecule has 2 aromatic rings. The molecule has 2 atom stereocenters. The third kappa shape index (κ3) is 3.80. The monoisotopic (exact) mass is 356 g/mol. The van der Waals surface area contributed by atoms with Crippen LogP contribution in [0.15, 0.2) is 18.5 Å². The van der Waals surface area contributed by atoms with Crippen molar-refractivity contribution in [2.45, 2.75) is 18.7 Å². The number of hydrogen-bond donors (Lipinski definition) is 2. The predicted molar refractivity (Wildman–Crippen MR) is 86.8 cm³/mol. The van der Waals surface area contributed by atoms with Gasteiger partial charge in [0.15, 0.2) is 0 Å². The first-order valence-electron chi connectivity index (χ1n) is 7.22. The molecule has 0 spiro atoms. The Balaban J connectivity index is 0.00000208. The SMILES string of the molecule is Cl.Cn1cc(-c2cnc(O[C@@H]3CCNC[C@H]3F)c(C(N)=O)c2)nn1. The standard InChI is InChI=1S/C14H17FN6O2.ClH/c1-21-7-11(19-20-21)8-4-9(13(16)22)14(18-5-8)23-12-2-3-17-6-10(12)15;/h4-5,7,10,12,17H,2-3,6H2,1H3,(H2,16,22);1H/t10-,12-;/m1./s1. The van der Waals surface area contributed by atoms with Gasteiger partial charge in [-0.15, -0.1) is 17.5 Å². The maximum absolute atomic E-state index is 13.9. The summed E-state index contributed by atoms with van der Waals surface area (Å²) in [5.41, 5.74) is 6.64. The quantitative estimate of drug-likeness (QED) is 0.824. The number of carbonyl (C=O) groups excluding carboxylic acids is 1. The van der Waals surface area contributed by atoms with Gasteiger partial charge in [0.25, 0.3) is 5.91 Å². The zero-order valence-electron chi connectivity index (χ0n) is 13.0. The molecule has 3 heterocycles. The van der Waals surface area contributed by atoms with Crippen molar-refractivity contribution in [3.63, 3.8) is 0 Å². The molecule has 1 amide bonds. The van der Waals surface area contributed by atoms with Gasteiger partial charge in [-0.3, -0.25) is 9.48 Å². The zero-order chi connectivity index (χ0) is 16.4. The van der Waals surface area contributed by atoms with Gasteiger partial charge in [-0.25, -0.2) is 9.37 Å². The van der Waals surface area contributed by atoms with E-state index in [9.17, 15) is 9.18 Å². The van der Waals surface area contributed by atoms with E-state index in [0.29, 0.717) is 24.2 Å². The molecule has 8 nitrogen and oxygen atoms in total.